The topological polar surface area (TPSA) is 78.9 Å². The second kappa shape index (κ2) is 7.45. The number of rotatable bonds is 5. The lowest BCUT2D eigenvalue weighted by atomic mass is 10.1. The van der Waals surface area contributed by atoms with Crippen molar-refractivity contribution < 1.29 is 14.3 Å². The third-order valence-corrected chi connectivity index (χ3v) is 3.83. The summed E-state index contributed by atoms with van der Waals surface area (Å²) in [5, 5.41) is 18.0. The Morgan fingerprint density at radius 1 is 1.27 bits per heavy atom. The zero-order valence-electron chi connectivity index (χ0n) is 13.6. The molecule has 6 heteroatoms. The van der Waals surface area contributed by atoms with Gasteiger partial charge in [0.05, 0.1) is 5.69 Å². The molecule has 0 aliphatic rings. The average molecular weight is 347 g/mol. The Kier molecular flexibility index (Phi) is 4.90. The van der Waals surface area contributed by atoms with Crippen molar-refractivity contribution in [3.8, 4) is 17.3 Å². The Morgan fingerprint density at radius 2 is 2.00 bits per heavy atom. The van der Waals surface area contributed by atoms with Gasteiger partial charge in [0.1, 0.15) is 17.5 Å². The third kappa shape index (κ3) is 3.68. The summed E-state index contributed by atoms with van der Waals surface area (Å²) < 4.78 is 16.1. The van der Waals surface area contributed by atoms with Crippen LogP contribution in [0.1, 0.15) is 11.1 Å². The molecular formula is C20H14FN3O2. The Morgan fingerprint density at radius 3 is 2.65 bits per heavy atom. The van der Waals surface area contributed by atoms with E-state index in [2.05, 4.69) is 4.98 Å². The molecule has 3 aromatic rings. The monoisotopic (exact) mass is 347 g/mol. The van der Waals surface area contributed by atoms with Crippen LogP contribution in [-0.4, -0.2) is 20.6 Å². The molecule has 0 saturated heterocycles. The molecule has 2 heterocycles. The maximum absolute atomic E-state index is 14.3. The van der Waals surface area contributed by atoms with Crippen molar-refractivity contribution in [2.24, 2.45) is 0 Å². The predicted octanol–water partition coefficient (Wildman–Crippen LogP) is 3.73. The van der Waals surface area contributed by atoms with E-state index in [9.17, 15) is 9.18 Å². The van der Waals surface area contributed by atoms with Gasteiger partial charge in [0.25, 0.3) is 0 Å². The van der Waals surface area contributed by atoms with E-state index >= 15 is 0 Å². The molecule has 0 atom stereocenters. The number of hydrogen-bond donors (Lipinski definition) is 1. The van der Waals surface area contributed by atoms with Crippen LogP contribution in [-0.2, 0) is 11.3 Å². The van der Waals surface area contributed by atoms with Gasteiger partial charge in [-0.3, -0.25) is 4.98 Å². The van der Waals surface area contributed by atoms with Gasteiger partial charge in [-0.15, -0.1) is 0 Å². The molecule has 3 rings (SSSR count). The van der Waals surface area contributed by atoms with Gasteiger partial charge < -0.3 is 9.67 Å². The van der Waals surface area contributed by atoms with Crippen LogP contribution < -0.4 is 0 Å². The van der Waals surface area contributed by atoms with Crippen LogP contribution in [0.5, 0.6) is 0 Å². The molecule has 0 bridgehead atoms. The van der Waals surface area contributed by atoms with Crippen molar-refractivity contribution in [1.82, 2.24) is 9.55 Å². The minimum absolute atomic E-state index is 0.379. The molecule has 0 aliphatic heterocycles. The van der Waals surface area contributed by atoms with E-state index < -0.39 is 5.97 Å². The summed E-state index contributed by atoms with van der Waals surface area (Å²) >= 11 is 0. The fourth-order valence-corrected chi connectivity index (χ4v) is 2.63. The lowest BCUT2D eigenvalue weighted by Gasteiger charge is -2.10. The van der Waals surface area contributed by atoms with Gasteiger partial charge in [-0.2, -0.15) is 5.26 Å². The van der Waals surface area contributed by atoms with Crippen molar-refractivity contribution >= 4 is 12.0 Å². The smallest absolute Gasteiger partial charge is 0.346 e. The van der Waals surface area contributed by atoms with Gasteiger partial charge in [-0.1, -0.05) is 12.1 Å². The summed E-state index contributed by atoms with van der Waals surface area (Å²) in [6.07, 6.45) is 6.31. The van der Waals surface area contributed by atoms with Crippen molar-refractivity contribution in [2.75, 3.05) is 0 Å². The van der Waals surface area contributed by atoms with Gasteiger partial charge in [0.2, 0.25) is 0 Å². The predicted molar refractivity (Wildman–Crippen MR) is 94.4 cm³/mol. The van der Waals surface area contributed by atoms with Crippen LogP contribution in [0.3, 0.4) is 0 Å². The van der Waals surface area contributed by atoms with Crippen molar-refractivity contribution in [3.63, 3.8) is 0 Å². The van der Waals surface area contributed by atoms with E-state index in [4.69, 9.17) is 10.4 Å². The molecule has 128 valence electrons. The number of halogens is 1. The molecule has 0 aliphatic carbocycles. The second-order valence-electron chi connectivity index (χ2n) is 5.60. The number of aromatic nitrogens is 2. The first kappa shape index (κ1) is 17.1. The van der Waals surface area contributed by atoms with Crippen molar-refractivity contribution in [1.29, 1.82) is 5.26 Å². The number of hydrogen-bond acceptors (Lipinski definition) is 3. The molecule has 0 unspecified atom stereocenters. The molecule has 1 aromatic carbocycles. The minimum Gasteiger partial charge on any atom is -0.477 e. The SMILES string of the molecule is N#C/C(=C\c1cc(-c2ccccc2F)n(Cc2ccncc2)c1)C(=O)O. The van der Waals surface area contributed by atoms with Gasteiger partial charge in [0.15, 0.2) is 0 Å². The van der Waals surface area contributed by atoms with Crippen LogP contribution in [0.15, 0.2) is 66.6 Å². The van der Waals surface area contributed by atoms with E-state index in [0.717, 1.165) is 5.56 Å². The normalized spacial score (nSPS) is 11.2. The summed E-state index contributed by atoms with van der Waals surface area (Å²) in [6, 6.07) is 13.4. The first-order valence-electron chi connectivity index (χ1n) is 7.77. The number of nitrogens with zero attached hydrogens (tertiary/aromatic N) is 3. The molecule has 0 fully saturated rings. The highest BCUT2D eigenvalue weighted by Crippen LogP contribution is 2.27. The number of carboxylic acids is 1. The molecule has 0 amide bonds. The maximum Gasteiger partial charge on any atom is 0.346 e. The highest BCUT2D eigenvalue weighted by molar-refractivity contribution is 5.96. The highest BCUT2D eigenvalue weighted by atomic mass is 19.1. The summed E-state index contributed by atoms with van der Waals surface area (Å²) in [7, 11) is 0. The first-order valence-corrected chi connectivity index (χ1v) is 7.77. The summed E-state index contributed by atoms with van der Waals surface area (Å²) in [5.74, 6) is -1.68. The number of aliphatic carboxylic acids is 1. The maximum atomic E-state index is 14.3. The first-order chi connectivity index (χ1) is 12.6. The lowest BCUT2D eigenvalue weighted by Crippen LogP contribution is -2.01. The van der Waals surface area contributed by atoms with E-state index in [1.165, 1.54) is 12.1 Å². The number of carbonyl (C=O) groups is 1. The van der Waals surface area contributed by atoms with Crippen LogP contribution in [0.2, 0.25) is 0 Å². The molecule has 0 saturated carbocycles. The Labute approximate surface area is 149 Å². The van der Waals surface area contributed by atoms with Crippen LogP contribution >= 0.6 is 0 Å². The van der Waals surface area contributed by atoms with E-state index in [1.54, 1.807) is 48.9 Å². The summed E-state index contributed by atoms with van der Waals surface area (Å²) in [6.45, 7) is 0.453. The Hall–Kier alpha value is -3.72. The van der Waals surface area contributed by atoms with Crippen LogP contribution in [0.4, 0.5) is 4.39 Å². The fourth-order valence-electron chi connectivity index (χ4n) is 2.63. The summed E-state index contributed by atoms with van der Waals surface area (Å²) in [4.78, 5) is 15.1. The van der Waals surface area contributed by atoms with Crippen molar-refractivity contribution in [2.45, 2.75) is 6.54 Å². The zero-order chi connectivity index (χ0) is 18.5. The fraction of sp³-hybridized carbons (Fsp3) is 0.0500. The molecule has 1 N–H and O–H groups in total. The van der Waals surface area contributed by atoms with E-state index in [-0.39, 0.29) is 11.4 Å². The number of benzene rings is 1. The minimum atomic E-state index is -1.30. The van der Waals surface area contributed by atoms with E-state index in [1.807, 2.05) is 16.7 Å². The highest BCUT2D eigenvalue weighted by Gasteiger charge is 2.13. The second-order valence-corrected chi connectivity index (χ2v) is 5.60. The van der Waals surface area contributed by atoms with Gasteiger partial charge in [-0.05, 0) is 47.5 Å². The molecule has 26 heavy (non-hydrogen) atoms. The van der Waals surface area contributed by atoms with E-state index in [0.29, 0.717) is 23.4 Å². The average Bonchev–Trinajstić information content (AvgIpc) is 3.03. The lowest BCUT2D eigenvalue weighted by molar-refractivity contribution is -0.132. The Bertz CT molecular complexity index is 1020. The number of pyridine rings is 1. The Balaban J connectivity index is 2.10. The zero-order valence-corrected chi connectivity index (χ0v) is 13.6. The number of nitriles is 1. The van der Waals surface area contributed by atoms with Crippen molar-refractivity contribution in [3.05, 3.63) is 83.6 Å². The quantitative estimate of drug-likeness (QED) is 0.563. The molecule has 0 radical (unpaired) electrons. The molecule has 2 aromatic heterocycles. The third-order valence-electron chi connectivity index (χ3n) is 3.83. The standard InChI is InChI=1S/C20H14FN3O2/c21-18-4-2-1-3-17(18)19-10-15(9-16(11-22)20(25)26)13-24(19)12-14-5-7-23-8-6-14/h1-10,13H,12H2,(H,25,26)/b16-9+. The molecular weight excluding hydrogens is 333 g/mol. The van der Waals surface area contributed by atoms with Gasteiger partial charge >= 0.3 is 5.97 Å². The number of carboxylic acid groups (broad SMARTS) is 1. The van der Waals surface area contributed by atoms with Gasteiger partial charge in [0, 0.05) is 30.7 Å². The largest absolute Gasteiger partial charge is 0.477 e. The molecule has 5 nitrogen and oxygen atoms in total. The van der Waals surface area contributed by atoms with Crippen LogP contribution in [0.25, 0.3) is 17.3 Å². The summed E-state index contributed by atoms with van der Waals surface area (Å²) in [5.41, 5.74) is 2.08. The van der Waals surface area contributed by atoms with Crippen LogP contribution in [0, 0.1) is 17.1 Å². The molecule has 0 spiro atoms. The van der Waals surface area contributed by atoms with Gasteiger partial charge in [-0.25, -0.2) is 9.18 Å².